The number of nitrogens with one attached hydrogen (secondary N) is 2. The predicted octanol–water partition coefficient (Wildman–Crippen LogP) is 4.25. The Bertz CT molecular complexity index is 1480. The second-order valence-corrected chi connectivity index (χ2v) is 12.7. The first kappa shape index (κ1) is 28.7. The molecule has 5 N–H and O–H groups in total. The number of anilines is 2. The molecule has 0 aromatic carbocycles. The van der Waals surface area contributed by atoms with Crippen LogP contribution < -0.4 is 16.0 Å². The van der Waals surface area contributed by atoms with Gasteiger partial charge in [0.25, 0.3) is 0 Å². The van der Waals surface area contributed by atoms with Crippen molar-refractivity contribution in [1.82, 2.24) is 29.9 Å². The number of halogens is 3. The molecule has 42 heavy (non-hydrogen) atoms. The van der Waals surface area contributed by atoms with Crippen molar-refractivity contribution in [3.05, 3.63) is 18.5 Å². The van der Waals surface area contributed by atoms with Gasteiger partial charge in [-0.05, 0) is 44.6 Å². The number of pyridine rings is 1. The van der Waals surface area contributed by atoms with Gasteiger partial charge in [0.15, 0.2) is 11.4 Å². The van der Waals surface area contributed by atoms with Gasteiger partial charge in [-0.25, -0.2) is 4.79 Å². The van der Waals surface area contributed by atoms with Gasteiger partial charge in [-0.3, -0.25) is 14.8 Å². The van der Waals surface area contributed by atoms with Gasteiger partial charge in [0.2, 0.25) is 0 Å². The number of nitrogens with two attached hydrogens (primary N) is 1. The highest BCUT2D eigenvalue weighted by molar-refractivity contribution is 5.96. The molecule has 14 heteroatoms. The number of aliphatic hydroxyl groups is 1. The van der Waals surface area contributed by atoms with Crippen molar-refractivity contribution in [1.29, 1.82) is 0 Å². The minimum Gasteiger partial charge on any atom is -0.380 e. The number of urea groups is 1. The molecule has 0 bridgehead atoms. The minimum absolute atomic E-state index is 0.0758. The third kappa shape index (κ3) is 4.97. The van der Waals surface area contributed by atoms with E-state index < -0.39 is 36.2 Å². The fourth-order valence-corrected chi connectivity index (χ4v) is 6.49. The molecule has 1 saturated carbocycles. The number of likely N-dealkylation sites (tertiary alicyclic amines) is 1. The first-order valence-corrected chi connectivity index (χ1v) is 14.6. The topological polar surface area (TPSA) is 141 Å². The molecule has 3 aromatic rings. The molecule has 0 radical (unpaired) electrons. The SMILES string of the molecule is CC(C)Cn1nc(N2CC(N)CCC2C)c2cnc(-c3[nH]ncc3NC(=O)N3CC[C@](O)(C(F)(F)F)CC34CC4)cc21. The molecule has 6 rings (SSSR count). The van der Waals surface area contributed by atoms with E-state index in [9.17, 15) is 23.1 Å². The number of carbonyl (C=O) groups is 1. The van der Waals surface area contributed by atoms with E-state index in [0.29, 0.717) is 55.0 Å². The van der Waals surface area contributed by atoms with Crippen LogP contribution in [0.2, 0.25) is 0 Å². The van der Waals surface area contributed by atoms with Crippen molar-refractivity contribution < 1.29 is 23.1 Å². The van der Waals surface area contributed by atoms with E-state index in [0.717, 1.165) is 29.6 Å². The average Bonchev–Trinajstić information content (AvgIpc) is 3.35. The van der Waals surface area contributed by atoms with E-state index in [1.54, 1.807) is 6.20 Å². The number of amides is 2. The van der Waals surface area contributed by atoms with Crippen LogP contribution in [0.15, 0.2) is 18.5 Å². The van der Waals surface area contributed by atoms with Crippen molar-refractivity contribution in [2.75, 3.05) is 23.3 Å². The monoisotopic (exact) mass is 589 g/mol. The number of hydrogen-bond acceptors (Lipinski definition) is 7. The fourth-order valence-electron chi connectivity index (χ4n) is 6.49. The van der Waals surface area contributed by atoms with Gasteiger partial charge < -0.3 is 26.0 Å². The maximum absolute atomic E-state index is 13.5. The number of piperidine rings is 2. The summed E-state index contributed by atoms with van der Waals surface area (Å²) in [6, 6.07) is 1.76. The molecule has 11 nitrogen and oxygen atoms in total. The fraction of sp³-hybridized carbons (Fsp3) is 0.643. The highest BCUT2D eigenvalue weighted by Gasteiger charge is 2.65. The molecular weight excluding hydrogens is 551 g/mol. The summed E-state index contributed by atoms with van der Waals surface area (Å²) in [6.07, 6.45) is 0.203. The molecule has 3 fully saturated rings. The quantitative estimate of drug-likeness (QED) is 0.349. The Balaban J connectivity index is 1.28. The number of aromatic nitrogens is 5. The summed E-state index contributed by atoms with van der Waals surface area (Å²) in [4.78, 5) is 21.7. The van der Waals surface area contributed by atoms with Crippen molar-refractivity contribution in [3.8, 4) is 11.4 Å². The maximum Gasteiger partial charge on any atom is 0.417 e. The molecule has 2 saturated heterocycles. The third-order valence-corrected chi connectivity index (χ3v) is 9.03. The Labute approximate surface area is 241 Å². The molecule has 1 aliphatic carbocycles. The second-order valence-electron chi connectivity index (χ2n) is 12.7. The number of H-pyrrole nitrogens is 1. The van der Waals surface area contributed by atoms with Crippen molar-refractivity contribution in [2.45, 2.75) is 95.2 Å². The van der Waals surface area contributed by atoms with Crippen molar-refractivity contribution in [2.24, 2.45) is 11.7 Å². The zero-order valence-electron chi connectivity index (χ0n) is 24.1. The highest BCUT2D eigenvalue weighted by Crippen LogP contribution is 2.55. The largest absolute Gasteiger partial charge is 0.417 e. The normalized spacial score (nSPS) is 25.9. The Kier molecular flexibility index (Phi) is 6.91. The first-order valence-electron chi connectivity index (χ1n) is 14.6. The van der Waals surface area contributed by atoms with Crippen LogP contribution in [-0.4, -0.2) is 83.5 Å². The van der Waals surface area contributed by atoms with Crippen LogP contribution in [0.1, 0.15) is 59.3 Å². The number of aromatic amines is 1. The lowest BCUT2D eigenvalue weighted by Crippen LogP contribution is -2.60. The standard InChI is InChI=1S/C28H38F3N9O2/c1-16(2)13-40-22-10-20(33-11-19(22)24(37-40)38-14-18(32)5-4-17(38)3)23-21(12-34-36-23)35-25(41)39-9-8-27(42,28(29,30)31)15-26(39)6-7-26/h10-12,16-18,42H,4-9,13-15,32H2,1-3H3,(H,34,36)(H,35,41)/t17?,18?,27-/m1/s1. The van der Waals surface area contributed by atoms with Gasteiger partial charge in [-0.1, -0.05) is 13.8 Å². The minimum atomic E-state index is -4.74. The van der Waals surface area contributed by atoms with Crippen LogP contribution in [-0.2, 0) is 6.54 Å². The van der Waals surface area contributed by atoms with Crippen LogP contribution in [0.4, 0.5) is 29.5 Å². The molecule has 3 atom stereocenters. The van der Waals surface area contributed by atoms with Gasteiger partial charge in [0, 0.05) is 56.3 Å². The molecule has 1 spiro atoms. The Hall–Kier alpha value is -3.39. The Morgan fingerprint density at radius 1 is 1.26 bits per heavy atom. The van der Waals surface area contributed by atoms with Gasteiger partial charge in [0.05, 0.1) is 28.5 Å². The summed E-state index contributed by atoms with van der Waals surface area (Å²) in [5.41, 5.74) is 4.80. The first-order chi connectivity index (χ1) is 19.8. The number of nitrogens with zero attached hydrogens (tertiary/aromatic N) is 6. The summed E-state index contributed by atoms with van der Waals surface area (Å²) < 4.78 is 42.5. The van der Waals surface area contributed by atoms with Crippen LogP contribution in [0, 0.1) is 5.92 Å². The molecule has 2 unspecified atom stereocenters. The van der Waals surface area contributed by atoms with Gasteiger partial charge in [-0.2, -0.15) is 23.4 Å². The molecule has 2 aliphatic heterocycles. The van der Waals surface area contributed by atoms with Crippen LogP contribution >= 0.6 is 0 Å². The van der Waals surface area contributed by atoms with Crippen LogP contribution in [0.5, 0.6) is 0 Å². The smallest absolute Gasteiger partial charge is 0.380 e. The van der Waals surface area contributed by atoms with Gasteiger partial charge in [-0.15, -0.1) is 0 Å². The van der Waals surface area contributed by atoms with E-state index in [1.807, 2.05) is 10.7 Å². The lowest BCUT2D eigenvalue weighted by atomic mass is 9.84. The van der Waals surface area contributed by atoms with Gasteiger partial charge in [0.1, 0.15) is 5.69 Å². The Morgan fingerprint density at radius 3 is 2.71 bits per heavy atom. The lowest BCUT2D eigenvalue weighted by molar-refractivity contribution is -0.277. The average molecular weight is 590 g/mol. The Morgan fingerprint density at radius 2 is 2.02 bits per heavy atom. The predicted molar refractivity (Wildman–Crippen MR) is 152 cm³/mol. The lowest BCUT2D eigenvalue weighted by Gasteiger charge is -2.45. The van der Waals surface area contributed by atoms with E-state index >= 15 is 0 Å². The number of carbonyl (C=O) groups excluding carboxylic acids is 1. The molecule has 2 amide bonds. The van der Waals surface area contributed by atoms with Crippen LogP contribution in [0.3, 0.4) is 0 Å². The number of fused-ring (bicyclic) bond motifs is 1. The molecule has 5 heterocycles. The number of rotatable bonds is 5. The van der Waals surface area contributed by atoms with E-state index in [2.05, 4.69) is 41.2 Å². The zero-order chi connectivity index (χ0) is 30.0. The number of hydrogen-bond donors (Lipinski definition) is 4. The molecular formula is C28H38F3N9O2. The third-order valence-electron chi connectivity index (χ3n) is 9.03. The van der Waals surface area contributed by atoms with Crippen molar-refractivity contribution in [3.63, 3.8) is 0 Å². The van der Waals surface area contributed by atoms with Crippen molar-refractivity contribution >= 4 is 28.4 Å². The molecule has 3 aromatic heterocycles. The van der Waals surface area contributed by atoms with E-state index in [4.69, 9.17) is 15.8 Å². The molecule has 228 valence electrons. The summed E-state index contributed by atoms with van der Waals surface area (Å²) in [6.45, 7) is 7.64. The molecule has 3 aliphatic rings. The number of alkyl halides is 3. The van der Waals surface area contributed by atoms with Crippen LogP contribution in [0.25, 0.3) is 22.3 Å². The maximum atomic E-state index is 13.5. The zero-order valence-corrected chi connectivity index (χ0v) is 24.1. The van der Waals surface area contributed by atoms with Gasteiger partial charge >= 0.3 is 12.2 Å². The summed E-state index contributed by atoms with van der Waals surface area (Å²) in [7, 11) is 0. The highest BCUT2D eigenvalue weighted by atomic mass is 19.4. The van der Waals surface area contributed by atoms with E-state index in [1.165, 1.54) is 11.1 Å². The second kappa shape index (κ2) is 10.1. The summed E-state index contributed by atoms with van der Waals surface area (Å²) in [5.74, 6) is 1.19. The summed E-state index contributed by atoms with van der Waals surface area (Å²) in [5, 5.41) is 26.0. The van der Waals surface area contributed by atoms with E-state index in [-0.39, 0.29) is 12.6 Å². The summed E-state index contributed by atoms with van der Waals surface area (Å²) >= 11 is 0.